The van der Waals surface area contributed by atoms with Crippen molar-refractivity contribution in [1.82, 2.24) is 15.1 Å². The van der Waals surface area contributed by atoms with Gasteiger partial charge in [-0.2, -0.15) is 0 Å². The quantitative estimate of drug-likeness (QED) is 0.839. The van der Waals surface area contributed by atoms with E-state index in [1.54, 1.807) is 23.9 Å². The Kier molecular flexibility index (Phi) is 5.80. The lowest BCUT2D eigenvalue weighted by atomic mass is 10.2. The number of likely N-dealkylation sites (tertiary alicyclic amines) is 1. The molecule has 1 atom stereocenters. The van der Waals surface area contributed by atoms with Crippen LogP contribution in [0.2, 0.25) is 0 Å². The Bertz CT molecular complexity index is 350. The van der Waals surface area contributed by atoms with E-state index >= 15 is 0 Å². The van der Waals surface area contributed by atoms with E-state index in [9.17, 15) is 9.59 Å². The Balaban J connectivity index is 2.41. The van der Waals surface area contributed by atoms with Gasteiger partial charge in [0.2, 0.25) is 5.91 Å². The molecule has 0 bridgehead atoms. The molecule has 0 spiro atoms. The van der Waals surface area contributed by atoms with Crippen molar-refractivity contribution in [3.05, 3.63) is 0 Å². The van der Waals surface area contributed by atoms with Crippen LogP contribution in [0.15, 0.2) is 0 Å². The van der Waals surface area contributed by atoms with E-state index < -0.39 is 5.60 Å². The van der Waals surface area contributed by atoms with Crippen LogP contribution in [0.4, 0.5) is 4.79 Å². The number of amides is 2. The first kappa shape index (κ1) is 16.8. The van der Waals surface area contributed by atoms with E-state index in [1.165, 1.54) is 0 Å². The normalized spacial score (nSPS) is 19.1. The van der Waals surface area contributed by atoms with Gasteiger partial charge in [-0.15, -0.1) is 0 Å². The number of nitrogens with zero attached hydrogens (tertiary/aromatic N) is 2. The molecule has 1 rings (SSSR count). The van der Waals surface area contributed by atoms with Crippen LogP contribution in [0, 0.1) is 0 Å². The van der Waals surface area contributed by atoms with Crippen LogP contribution in [0.25, 0.3) is 0 Å². The fourth-order valence-electron chi connectivity index (χ4n) is 2.11. The number of hydrogen-bond donors (Lipinski definition) is 1. The standard InChI is InChI=1S/C14H27N3O3/c1-14(2,3)20-13(19)17-8-6-7-11(17)9-15-10-12(18)16(4)5/h11,15H,6-10H2,1-5H3. The highest BCUT2D eigenvalue weighted by atomic mass is 16.6. The van der Waals surface area contributed by atoms with Gasteiger partial charge in [-0.25, -0.2) is 4.79 Å². The van der Waals surface area contributed by atoms with Crippen LogP contribution in [-0.4, -0.2) is 67.2 Å². The highest BCUT2D eigenvalue weighted by molar-refractivity contribution is 5.77. The minimum Gasteiger partial charge on any atom is -0.444 e. The van der Waals surface area contributed by atoms with Crippen LogP contribution >= 0.6 is 0 Å². The van der Waals surface area contributed by atoms with E-state index in [-0.39, 0.29) is 18.0 Å². The average molecular weight is 285 g/mol. The van der Waals surface area contributed by atoms with Crippen molar-refractivity contribution in [2.24, 2.45) is 0 Å². The molecule has 1 aliphatic rings. The smallest absolute Gasteiger partial charge is 0.410 e. The minimum absolute atomic E-state index is 0.0341. The molecule has 0 aromatic rings. The zero-order chi connectivity index (χ0) is 15.3. The van der Waals surface area contributed by atoms with E-state index in [0.29, 0.717) is 13.1 Å². The van der Waals surface area contributed by atoms with Crippen molar-refractivity contribution in [1.29, 1.82) is 0 Å². The molecule has 1 saturated heterocycles. The maximum Gasteiger partial charge on any atom is 0.410 e. The second-order valence-corrected chi connectivity index (χ2v) is 6.39. The fraction of sp³-hybridized carbons (Fsp3) is 0.857. The Labute approximate surface area is 121 Å². The van der Waals surface area contributed by atoms with Gasteiger partial charge in [0.1, 0.15) is 5.60 Å². The van der Waals surface area contributed by atoms with Crippen molar-refractivity contribution in [3.8, 4) is 0 Å². The van der Waals surface area contributed by atoms with Crippen molar-refractivity contribution in [2.75, 3.05) is 33.7 Å². The molecule has 2 amide bonds. The monoisotopic (exact) mass is 285 g/mol. The molecule has 1 fully saturated rings. The molecule has 20 heavy (non-hydrogen) atoms. The fourth-order valence-corrected chi connectivity index (χ4v) is 2.11. The summed E-state index contributed by atoms with van der Waals surface area (Å²) in [6.07, 6.45) is 1.66. The molecule has 0 aromatic carbocycles. The molecule has 0 aliphatic carbocycles. The van der Waals surface area contributed by atoms with Crippen molar-refractivity contribution in [2.45, 2.75) is 45.3 Å². The van der Waals surface area contributed by atoms with Gasteiger partial charge in [0.15, 0.2) is 0 Å². The molecule has 0 radical (unpaired) electrons. The van der Waals surface area contributed by atoms with Crippen LogP contribution in [-0.2, 0) is 9.53 Å². The molecule has 1 unspecified atom stereocenters. The largest absolute Gasteiger partial charge is 0.444 e. The van der Waals surface area contributed by atoms with Crippen molar-refractivity contribution in [3.63, 3.8) is 0 Å². The Morgan fingerprint density at radius 1 is 1.35 bits per heavy atom. The summed E-state index contributed by atoms with van der Waals surface area (Å²) in [5.41, 5.74) is -0.474. The van der Waals surface area contributed by atoms with E-state index in [0.717, 1.165) is 19.4 Å². The number of carbonyl (C=O) groups is 2. The van der Waals surface area contributed by atoms with E-state index in [4.69, 9.17) is 4.74 Å². The summed E-state index contributed by atoms with van der Waals surface area (Å²) in [5, 5.41) is 3.12. The lowest BCUT2D eigenvalue weighted by Gasteiger charge is -2.28. The minimum atomic E-state index is -0.474. The molecular formula is C14H27N3O3. The Morgan fingerprint density at radius 2 is 2.00 bits per heavy atom. The SMILES string of the molecule is CN(C)C(=O)CNCC1CCCN1C(=O)OC(C)(C)C. The first-order valence-corrected chi connectivity index (χ1v) is 7.11. The molecule has 1 N–H and O–H groups in total. The second-order valence-electron chi connectivity index (χ2n) is 6.39. The van der Waals surface area contributed by atoms with Gasteiger partial charge in [-0.3, -0.25) is 4.79 Å². The lowest BCUT2D eigenvalue weighted by molar-refractivity contribution is -0.127. The summed E-state index contributed by atoms with van der Waals surface area (Å²) in [5.74, 6) is 0.0341. The molecule has 1 heterocycles. The van der Waals surface area contributed by atoms with Gasteiger partial charge in [0.25, 0.3) is 0 Å². The van der Waals surface area contributed by atoms with Gasteiger partial charge in [0.05, 0.1) is 6.54 Å². The highest BCUT2D eigenvalue weighted by Crippen LogP contribution is 2.20. The molecule has 116 valence electrons. The summed E-state index contributed by atoms with van der Waals surface area (Å²) < 4.78 is 5.40. The van der Waals surface area contributed by atoms with Gasteiger partial charge in [0, 0.05) is 33.2 Å². The molecule has 0 aromatic heterocycles. The number of hydrogen-bond acceptors (Lipinski definition) is 4. The highest BCUT2D eigenvalue weighted by Gasteiger charge is 2.31. The van der Waals surface area contributed by atoms with E-state index in [2.05, 4.69) is 5.32 Å². The number of carbonyl (C=O) groups excluding carboxylic acids is 2. The first-order chi connectivity index (χ1) is 9.20. The topological polar surface area (TPSA) is 61.9 Å². The maximum absolute atomic E-state index is 12.1. The third-order valence-corrected chi connectivity index (χ3v) is 3.16. The first-order valence-electron chi connectivity index (χ1n) is 7.11. The average Bonchev–Trinajstić information content (AvgIpc) is 2.74. The van der Waals surface area contributed by atoms with Crippen LogP contribution in [0.3, 0.4) is 0 Å². The maximum atomic E-state index is 12.1. The van der Waals surface area contributed by atoms with Gasteiger partial charge < -0.3 is 19.9 Å². The summed E-state index contributed by atoms with van der Waals surface area (Å²) in [4.78, 5) is 26.9. The lowest BCUT2D eigenvalue weighted by Crippen LogP contribution is -2.45. The number of nitrogens with one attached hydrogen (secondary N) is 1. The van der Waals surface area contributed by atoms with Gasteiger partial charge in [-0.1, -0.05) is 0 Å². The molecule has 6 heteroatoms. The van der Waals surface area contributed by atoms with Crippen LogP contribution < -0.4 is 5.32 Å². The Hall–Kier alpha value is -1.30. The Morgan fingerprint density at radius 3 is 2.55 bits per heavy atom. The molecular weight excluding hydrogens is 258 g/mol. The predicted molar refractivity (Wildman–Crippen MR) is 77.5 cm³/mol. The summed E-state index contributed by atoms with van der Waals surface area (Å²) in [7, 11) is 3.46. The predicted octanol–water partition coefficient (Wildman–Crippen LogP) is 1.06. The van der Waals surface area contributed by atoms with Crippen LogP contribution in [0.1, 0.15) is 33.6 Å². The van der Waals surface area contributed by atoms with Crippen molar-refractivity contribution >= 4 is 12.0 Å². The third-order valence-electron chi connectivity index (χ3n) is 3.16. The van der Waals surface area contributed by atoms with Crippen LogP contribution in [0.5, 0.6) is 0 Å². The molecule has 6 nitrogen and oxygen atoms in total. The van der Waals surface area contributed by atoms with Gasteiger partial charge >= 0.3 is 6.09 Å². The second kappa shape index (κ2) is 6.92. The number of ether oxygens (including phenoxy) is 1. The summed E-state index contributed by atoms with van der Waals surface area (Å²) >= 11 is 0. The molecule has 0 saturated carbocycles. The number of rotatable bonds is 4. The molecule has 1 aliphatic heterocycles. The van der Waals surface area contributed by atoms with Crippen molar-refractivity contribution < 1.29 is 14.3 Å². The summed E-state index contributed by atoms with van der Waals surface area (Å²) in [6, 6.07) is 0.111. The zero-order valence-corrected chi connectivity index (χ0v) is 13.2. The summed E-state index contributed by atoms with van der Waals surface area (Å²) in [6.45, 7) is 7.24. The van der Waals surface area contributed by atoms with Gasteiger partial charge in [-0.05, 0) is 33.6 Å². The number of likely N-dealkylation sites (N-methyl/N-ethyl adjacent to an activating group) is 1. The zero-order valence-electron chi connectivity index (χ0n) is 13.2. The third kappa shape index (κ3) is 5.36. The van der Waals surface area contributed by atoms with E-state index in [1.807, 2.05) is 20.8 Å².